The summed E-state index contributed by atoms with van der Waals surface area (Å²) in [5, 5.41) is 10.7. The van der Waals surface area contributed by atoms with Crippen LogP contribution in [0.3, 0.4) is 0 Å². The van der Waals surface area contributed by atoms with Crippen molar-refractivity contribution in [3.05, 3.63) is 39.9 Å². The van der Waals surface area contributed by atoms with Gasteiger partial charge >= 0.3 is 0 Å². The second kappa shape index (κ2) is 8.85. The number of carbonyl (C=O) groups excluding carboxylic acids is 1. The van der Waals surface area contributed by atoms with Gasteiger partial charge in [-0.2, -0.15) is 0 Å². The Morgan fingerprint density at radius 2 is 2.00 bits per heavy atom. The highest BCUT2D eigenvalue weighted by atomic mass is 32.2. The van der Waals surface area contributed by atoms with Gasteiger partial charge in [0.15, 0.2) is 9.84 Å². The number of amides is 1. The van der Waals surface area contributed by atoms with Gasteiger partial charge in [0.2, 0.25) is 5.91 Å². The van der Waals surface area contributed by atoms with Crippen LogP contribution in [0.25, 0.3) is 0 Å². The highest BCUT2D eigenvalue weighted by Gasteiger charge is 2.34. The molecule has 1 aromatic carbocycles. The predicted molar refractivity (Wildman–Crippen MR) is 103 cm³/mol. The third-order valence-electron chi connectivity index (χ3n) is 4.17. The quantitative estimate of drug-likeness (QED) is 0.491. The Bertz CT molecular complexity index is 747. The van der Waals surface area contributed by atoms with Gasteiger partial charge in [-0.05, 0) is 17.9 Å². The monoisotopic (exact) mass is 400 g/mol. The van der Waals surface area contributed by atoms with Crippen molar-refractivity contribution in [1.82, 2.24) is 4.90 Å². The molecule has 26 heavy (non-hydrogen) atoms. The summed E-state index contributed by atoms with van der Waals surface area (Å²) in [6.07, 6.45) is 0.508. The summed E-state index contributed by atoms with van der Waals surface area (Å²) in [4.78, 5) is 24.6. The average molecular weight is 401 g/mol. The standard InChI is InChI=1S/C17H24N2O5S2/c1-13(2)9-18(16-7-8-26(23,24)12-16)17(20)11-25-10-14-3-5-15(6-4-14)19(21)22/h3-6,13,16H,7-12H2,1-2H3/t16-/m0/s1. The van der Waals surface area contributed by atoms with Crippen LogP contribution in [0.1, 0.15) is 25.8 Å². The van der Waals surface area contributed by atoms with E-state index in [4.69, 9.17) is 0 Å². The molecule has 0 N–H and O–H groups in total. The van der Waals surface area contributed by atoms with Gasteiger partial charge in [-0.25, -0.2) is 8.42 Å². The first-order chi connectivity index (χ1) is 12.2. The predicted octanol–water partition coefficient (Wildman–Crippen LogP) is 2.50. The number of thioether (sulfide) groups is 1. The van der Waals surface area contributed by atoms with Crippen LogP contribution < -0.4 is 0 Å². The molecule has 1 saturated heterocycles. The number of nitro groups is 1. The van der Waals surface area contributed by atoms with Crippen LogP contribution in [-0.2, 0) is 20.4 Å². The molecular weight excluding hydrogens is 376 g/mol. The van der Waals surface area contributed by atoms with E-state index in [-0.39, 0.29) is 40.8 Å². The lowest BCUT2D eigenvalue weighted by molar-refractivity contribution is -0.384. The third-order valence-corrected chi connectivity index (χ3v) is 6.91. The third kappa shape index (κ3) is 5.98. The fourth-order valence-electron chi connectivity index (χ4n) is 2.92. The fraction of sp³-hybridized carbons (Fsp3) is 0.588. The lowest BCUT2D eigenvalue weighted by Gasteiger charge is -2.30. The topological polar surface area (TPSA) is 97.6 Å². The molecule has 1 aliphatic heterocycles. The summed E-state index contributed by atoms with van der Waals surface area (Å²) in [6, 6.07) is 6.05. The molecule has 0 aromatic heterocycles. The summed E-state index contributed by atoms with van der Waals surface area (Å²) in [5.74, 6) is 1.26. The summed E-state index contributed by atoms with van der Waals surface area (Å²) in [7, 11) is -3.04. The molecule has 0 spiro atoms. The van der Waals surface area contributed by atoms with Crippen molar-refractivity contribution in [3.63, 3.8) is 0 Å². The molecule has 1 aliphatic rings. The van der Waals surface area contributed by atoms with E-state index in [9.17, 15) is 23.3 Å². The van der Waals surface area contributed by atoms with Gasteiger partial charge < -0.3 is 4.90 Å². The largest absolute Gasteiger partial charge is 0.338 e. The van der Waals surface area contributed by atoms with Crippen LogP contribution >= 0.6 is 11.8 Å². The fourth-order valence-corrected chi connectivity index (χ4v) is 5.52. The number of nitrogens with zero attached hydrogens (tertiary/aromatic N) is 2. The molecule has 144 valence electrons. The van der Waals surface area contributed by atoms with Crippen molar-refractivity contribution in [3.8, 4) is 0 Å². The average Bonchev–Trinajstić information content (AvgIpc) is 2.92. The molecule has 0 aliphatic carbocycles. The zero-order chi connectivity index (χ0) is 19.3. The van der Waals surface area contributed by atoms with Crippen LogP contribution in [0.2, 0.25) is 0 Å². The van der Waals surface area contributed by atoms with Crippen molar-refractivity contribution in [2.24, 2.45) is 5.92 Å². The second-order valence-electron chi connectivity index (χ2n) is 6.91. The Morgan fingerprint density at radius 1 is 1.35 bits per heavy atom. The van der Waals surface area contributed by atoms with E-state index in [0.29, 0.717) is 18.7 Å². The molecule has 1 aromatic rings. The molecule has 0 unspecified atom stereocenters. The first-order valence-electron chi connectivity index (χ1n) is 8.49. The number of sulfone groups is 1. The SMILES string of the molecule is CC(C)CN(C(=O)CSCc1ccc([N+](=O)[O-])cc1)[C@H]1CCS(=O)(=O)C1. The Kier molecular flexibility index (Phi) is 7.05. The number of hydrogen-bond acceptors (Lipinski definition) is 6. The first kappa shape index (κ1) is 20.7. The molecule has 9 heteroatoms. The van der Waals surface area contributed by atoms with E-state index >= 15 is 0 Å². The van der Waals surface area contributed by atoms with Gasteiger partial charge in [0, 0.05) is 30.5 Å². The van der Waals surface area contributed by atoms with E-state index in [2.05, 4.69) is 0 Å². The second-order valence-corrected chi connectivity index (χ2v) is 10.1. The molecule has 1 heterocycles. The molecule has 1 atom stereocenters. The van der Waals surface area contributed by atoms with E-state index in [0.717, 1.165) is 5.56 Å². The summed E-state index contributed by atoms with van der Waals surface area (Å²) in [6.45, 7) is 4.57. The van der Waals surface area contributed by atoms with Gasteiger partial charge in [0.05, 0.1) is 22.2 Å². The molecule has 7 nitrogen and oxygen atoms in total. The van der Waals surface area contributed by atoms with E-state index in [1.54, 1.807) is 17.0 Å². The zero-order valence-corrected chi connectivity index (χ0v) is 16.6. The molecule has 0 radical (unpaired) electrons. The number of hydrogen-bond donors (Lipinski definition) is 0. The molecule has 1 amide bonds. The minimum atomic E-state index is -3.04. The summed E-state index contributed by atoms with van der Waals surface area (Å²) >= 11 is 1.43. The van der Waals surface area contributed by atoms with E-state index in [1.165, 1.54) is 23.9 Å². The maximum Gasteiger partial charge on any atom is 0.269 e. The van der Waals surface area contributed by atoms with Crippen LogP contribution in [0.4, 0.5) is 5.69 Å². The molecular formula is C17H24N2O5S2. The Morgan fingerprint density at radius 3 is 2.50 bits per heavy atom. The molecule has 1 fully saturated rings. The van der Waals surface area contributed by atoms with Crippen molar-refractivity contribution >= 4 is 33.2 Å². The number of non-ortho nitro benzene ring substituents is 1. The van der Waals surface area contributed by atoms with Gasteiger partial charge in [0.1, 0.15) is 0 Å². The van der Waals surface area contributed by atoms with Crippen LogP contribution in [0.5, 0.6) is 0 Å². The van der Waals surface area contributed by atoms with Crippen molar-refractivity contribution in [2.45, 2.75) is 32.1 Å². The smallest absolute Gasteiger partial charge is 0.269 e. The van der Waals surface area contributed by atoms with E-state index < -0.39 is 14.8 Å². The van der Waals surface area contributed by atoms with Gasteiger partial charge in [-0.15, -0.1) is 11.8 Å². The zero-order valence-electron chi connectivity index (χ0n) is 15.0. The summed E-state index contributed by atoms with van der Waals surface area (Å²) < 4.78 is 23.5. The lowest BCUT2D eigenvalue weighted by Crippen LogP contribution is -2.44. The lowest BCUT2D eigenvalue weighted by atomic mass is 10.1. The molecule has 0 bridgehead atoms. The Hall–Kier alpha value is -1.61. The van der Waals surface area contributed by atoms with Crippen LogP contribution in [0.15, 0.2) is 24.3 Å². The van der Waals surface area contributed by atoms with Gasteiger partial charge in [-0.3, -0.25) is 14.9 Å². The van der Waals surface area contributed by atoms with E-state index in [1.807, 2.05) is 13.8 Å². The number of rotatable bonds is 8. The van der Waals surface area contributed by atoms with Gasteiger partial charge in [0.25, 0.3) is 5.69 Å². The summed E-state index contributed by atoms with van der Waals surface area (Å²) in [5.41, 5.74) is 0.952. The number of nitro benzene ring substituents is 1. The Balaban J connectivity index is 1.91. The minimum absolute atomic E-state index is 0.0420. The molecule has 2 rings (SSSR count). The van der Waals surface area contributed by atoms with Crippen molar-refractivity contribution in [2.75, 3.05) is 23.8 Å². The van der Waals surface area contributed by atoms with Crippen LogP contribution in [-0.4, -0.2) is 54.0 Å². The van der Waals surface area contributed by atoms with Crippen molar-refractivity contribution < 1.29 is 18.1 Å². The normalized spacial score (nSPS) is 18.8. The molecule has 0 saturated carbocycles. The minimum Gasteiger partial charge on any atom is -0.338 e. The maximum atomic E-state index is 12.6. The number of benzene rings is 1. The highest BCUT2D eigenvalue weighted by molar-refractivity contribution is 7.99. The Labute approximate surface area is 158 Å². The van der Waals surface area contributed by atoms with Crippen molar-refractivity contribution in [1.29, 1.82) is 0 Å². The highest BCUT2D eigenvalue weighted by Crippen LogP contribution is 2.22. The maximum absolute atomic E-state index is 12.6. The number of carbonyl (C=O) groups is 1. The first-order valence-corrected chi connectivity index (χ1v) is 11.5. The van der Waals surface area contributed by atoms with Crippen LogP contribution in [0, 0.1) is 16.0 Å². The van der Waals surface area contributed by atoms with Gasteiger partial charge in [-0.1, -0.05) is 26.0 Å².